The first-order chi connectivity index (χ1) is 18.2. The number of aromatic amines is 1. The number of nitrogens with one attached hydrogen (secondary N) is 1. The first kappa shape index (κ1) is 28.9. The first-order valence-corrected chi connectivity index (χ1v) is 13.2. The minimum absolute atomic E-state index is 0.208. The Hall–Kier alpha value is -3.71. The van der Waals surface area contributed by atoms with Crippen molar-refractivity contribution in [2.45, 2.75) is 76.0 Å². The lowest BCUT2D eigenvalue weighted by Gasteiger charge is -2.30. The van der Waals surface area contributed by atoms with Crippen molar-refractivity contribution < 1.29 is 25.0 Å². The van der Waals surface area contributed by atoms with Crippen LogP contribution in [0.25, 0.3) is 0 Å². The summed E-state index contributed by atoms with van der Waals surface area (Å²) in [7, 11) is 0. The molecule has 3 rings (SSSR count). The Morgan fingerprint density at radius 1 is 0.895 bits per heavy atom. The summed E-state index contributed by atoms with van der Waals surface area (Å²) >= 11 is 0. The fourth-order valence-corrected chi connectivity index (χ4v) is 5.36. The Bertz CT molecular complexity index is 1280. The number of carbonyl (C=O) groups is 2. The highest BCUT2D eigenvalue weighted by molar-refractivity contribution is 5.87. The number of hydrogen-bond donors (Lipinski definition) is 3. The van der Waals surface area contributed by atoms with Crippen molar-refractivity contribution in [3.63, 3.8) is 0 Å². The van der Waals surface area contributed by atoms with Crippen LogP contribution in [0.15, 0.2) is 88.1 Å². The summed E-state index contributed by atoms with van der Waals surface area (Å²) in [5, 5.41) is 12.2. The second-order valence-electron chi connectivity index (χ2n) is 10.4. The lowest BCUT2D eigenvalue weighted by molar-refractivity contribution is -0.300. The Morgan fingerprint density at radius 2 is 1.45 bits per heavy atom. The van der Waals surface area contributed by atoms with E-state index in [0.29, 0.717) is 31.2 Å². The van der Waals surface area contributed by atoms with Gasteiger partial charge in [-0.2, -0.15) is 5.16 Å². The van der Waals surface area contributed by atoms with Gasteiger partial charge in [-0.05, 0) is 36.8 Å². The lowest BCUT2D eigenvalue weighted by atomic mass is 9.72. The highest BCUT2D eigenvalue weighted by atomic mass is 16.5. The topological polar surface area (TPSA) is 128 Å². The predicted octanol–water partition coefficient (Wildman–Crippen LogP) is 5.13. The van der Waals surface area contributed by atoms with Crippen molar-refractivity contribution in [1.29, 1.82) is 0 Å². The van der Waals surface area contributed by atoms with Gasteiger partial charge in [-0.25, -0.2) is 4.79 Å². The fraction of sp³-hybridized carbons (Fsp3) is 0.387. The van der Waals surface area contributed by atoms with Crippen LogP contribution in [0.3, 0.4) is 0 Å². The van der Waals surface area contributed by atoms with Gasteiger partial charge in [0.2, 0.25) is 0 Å². The molecule has 202 valence electrons. The average molecular weight is 520 g/mol. The average Bonchev–Trinajstić information content (AvgIpc) is 3.36. The molecular weight excluding hydrogens is 480 g/mol. The van der Waals surface area contributed by atoms with Crippen molar-refractivity contribution in [3.8, 4) is 0 Å². The van der Waals surface area contributed by atoms with E-state index in [1.165, 1.54) is 6.26 Å². The molecule has 7 nitrogen and oxygen atoms in total. The van der Waals surface area contributed by atoms with E-state index >= 15 is 0 Å². The number of rotatable bonds is 15. The van der Waals surface area contributed by atoms with Gasteiger partial charge in [-0.1, -0.05) is 87.4 Å². The molecule has 38 heavy (non-hydrogen) atoms. The van der Waals surface area contributed by atoms with Gasteiger partial charge in [0, 0.05) is 23.7 Å². The summed E-state index contributed by atoms with van der Waals surface area (Å²) in [6.07, 6.45) is 7.63. The van der Waals surface area contributed by atoms with E-state index in [4.69, 9.17) is 4.52 Å². The van der Waals surface area contributed by atoms with Gasteiger partial charge in [0.1, 0.15) is 17.6 Å². The molecule has 5 N–H and O–H groups in total. The lowest BCUT2D eigenvalue weighted by Crippen LogP contribution is -2.60. The largest absolute Gasteiger partial charge is 0.515 e. The minimum Gasteiger partial charge on any atom is -0.515 e. The van der Waals surface area contributed by atoms with Crippen molar-refractivity contribution in [1.82, 2.24) is 5.16 Å². The third-order valence-corrected chi connectivity index (χ3v) is 7.78. The van der Waals surface area contributed by atoms with Crippen LogP contribution in [0.4, 0.5) is 0 Å². The monoisotopic (exact) mass is 519 g/mol. The molecule has 2 unspecified atom stereocenters. The van der Waals surface area contributed by atoms with Crippen molar-refractivity contribution >= 4 is 11.7 Å². The van der Waals surface area contributed by atoms with Gasteiger partial charge in [0.25, 0.3) is 5.56 Å². The Balaban J connectivity index is 1.51. The minimum atomic E-state index is -0.676. The van der Waals surface area contributed by atoms with E-state index in [1.807, 2.05) is 74.5 Å². The highest BCUT2D eigenvalue weighted by Crippen LogP contribution is 2.37. The summed E-state index contributed by atoms with van der Waals surface area (Å²) in [6, 6.07) is 19.5. The first-order valence-electron chi connectivity index (χ1n) is 13.2. The number of H-pyrrole nitrogens is 1. The third kappa shape index (κ3) is 6.78. The maximum Gasteiger partial charge on any atom is 0.340 e. The van der Waals surface area contributed by atoms with Gasteiger partial charge >= 0.3 is 5.91 Å². The zero-order chi connectivity index (χ0) is 27.6. The molecule has 0 fully saturated rings. The van der Waals surface area contributed by atoms with Crippen LogP contribution < -0.4 is 11.3 Å². The number of unbranched alkanes of at least 4 members (excludes halogenated alkanes) is 2. The van der Waals surface area contributed by atoms with Crippen LogP contribution in [0.2, 0.25) is 0 Å². The van der Waals surface area contributed by atoms with Gasteiger partial charge in [-0.3, -0.25) is 15.3 Å². The number of ketones is 1. The zero-order valence-electron chi connectivity index (χ0n) is 22.4. The molecule has 3 aromatic rings. The third-order valence-electron chi connectivity index (χ3n) is 7.78. The molecule has 0 aliphatic rings. The van der Waals surface area contributed by atoms with Crippen LogP contribution in [0, 0.1) is 0 Å². The van der Waals surface area contributed by atoms with Gasteiger partial charge in [-0.15, -0.1) is 0 Å². The van der Waals surface area contributed by atoms with Crippen LogP contribution >= 0.6 is 0 Å². The van der Waals surface area contributed by atoms with E-state index < -0.39 is 16.7 Å². The van der Waals surface area contributed by atoms with E-state index in [9.17, 15) is 19.5 Å². The summed E-state index contributed by atoms with van der Waals surface area (Å²) < 4.78 is 5.07. The Kier molecular flexibility index (Phi) is 10.0. The molecule has 0 spiro atoms. The number of aliphatic hydroxyl groups excluding tert-OH is 1. The summed E-state index contributed by atoms with van der Waals surface area (Å²) in [4.78, 5) is 37.1. The van der Waals surface area contributed by atoms with Crippen LogP contribution in [-0.4, -0.2) is 22.0 Å². The van der Waals surface area contributed by atoms with E-state index in [-0.39, 0.29) is 16.9 Å². The number of hydrogen-bond acceptors (Lipinski definition) is 5. The standard InChI is InChI=1S/C31H38N2O5/c1-30(26(21-34)28(32)36,23-13-5-3-6-14-23)19-11-9-17-25(35)18-10-12-20-31(2,24-15-7-4-8-16-24)27-22-38-33-29(27)37/h3-8,13-16,21-22,34H,9-12,17-20H2,1-2H3,(H2,32,36)(H,33,37)/p+1/b26-21+. The zero-order valence-corrected chi connectivity index (χ0v) is 22.4. The molecule has 0 aliphatic heterocycles. The molecule has 2 aromatic carbocycles. The van der Waals surface area contributed by atoms with Crippen molar-refractivity contribution in [2.24, 2.45) is 0 Å². The molecule has 2 atom stereocenters. The molecule has 0 radical (unpaired) electrons. The van der Waals surface area contributed by atoms with Crippen molar-refractivity contribution in [2.75, 3.05) is 0 Å². The van der Waals surface area contributed by atoms with Crippen LogP contribution in [-0.2, 0) is 20.4 Å². The number of aliphatic hydroxyl groups is 1. The quantitative estimate of drug-likeness (QED) is 0.146. The summed E-state index contributed by atoms with van der Waals surface area (Å²) in [5.74, 6) is -0.199. The predicted molar refractivity (Wildman–Crippen MR) is 147 cm³/mol. The number of amides is 1. The molecule has 0 saturated carbocycles. The fourth-order valence-electron chi connectivity index (χ4n) is 5.36. The molecule has 1 heterocycles. The Morgan fingerprint density at radius 3 is 1.95 bits per heavy atom. The second kappa shape index (κ2) is 13.2. The Labute approximate surface area is 223 Å². The number of benzene rings is 2. The molecule has 1 amide bonds. The van der Waals surface area contributed by atoms with Crippen LogP contribution in [0.5, 0.6) is 0 Å². The van der Waals surface area contributed by atoms with Gasteiger partial charge < -0.3 is 9.63 Å². The van der Waals surface area contributed by atoms with Gasteiger partial charge in [0.15, 0.2) is 0 Å². The maximum atomic E-state index is 12.6. The molecule has 1 aromatic heterocycles. The summed E-state index contributed by atoms with van der Waals surface area (Å²) in [5.41, 5.74) is 4.94. The number of aromatic nitrogens is 1. The smallest absolute Gasteiger partial charge is 0.340 e. The molecular formula is C31H39N2O5+. The summed E-state index contributed by atoms with van der Waals surface area (Å²) in [6.45, 7) is 3.98. The number of Topliss-reactive ketones (excluding diaryl/α,β-unsaturated/α-hetero) is 1. The molecule has 0 saturated heterocycles. The molecule has 7 heteroatoms. The van der Waals surface area contributed by atoms with Gasteiger partial charge in [0.05, 0.1) is 11.8 Å². The number of carbonyl (C=O) groups excluding carboxylic acids is 2. The van der Waals surface area contributed by atoms with E-state index in [0.717, 1.165) is 43.1 Å². The second-order valence-corrected chi connectivity index (χ2v) is 10.4. The molecule has 0 aliphatic carbocycles. The van der Waals surface area contributed by atoms with E-state index in [2.05, 4.69) is 10.9 Å². The number of quaternary nitrogens is 1. The maximum absolute atomic E-state index is 12.6. The highest BCUT2D eigenvalue weighted by Gasteiger charge is 2.36. The normalized spacial score (nSPS) is 15.0. The van der Waals surface area contributed by atoms with Crippen LogP contribution in [0.1, 0.15) is 81.9 Å². The van der Waals surface area contributed by atoms with Crippen molar-refractivity contribution in [3.05, 3.63) is 106 Å². The SMILES string of the molecule is CC(CCCCC(=O)CCCCC(C)(c1ccccc1)c1co[nH]c1=O)(/C(=C/O)C([NH3+])=O)c1ccccc1. The van der Waals surface area contributed by atoms with E-state index in [1.54, 1.807) is 0 Å². The molecule has 0 bridgehead atoms.